The first-order valence-corrected chi connectivity index (χ1v) is 7.62. The Balaban J connectivity index is 1.64. The summed E-state index contributed by atoms with van der Waals surface area (Å²) in [5.41, 5.74) is -0.473. The molecule has 0 radical (unpaired) electrons. The Morgan fingerprint density at radius 3 is 2.50 bits per heavy atom. The number of hydrogen-bond donors (Lipinski definition) is 1. The lowest BCUT2D eigenvalue weighted by Gasteiger charge is -2.47. The van der Waals surface area contributed by atoms with E-state index in [4.69, 9.17) is 9.84 Å². The van der Waals surface area contributed by atoms with Crippen LogP contribution in [0.2, 0.25) is 0 Å². The predicted molar refractivity (Wildman–Crippen MR) is 74.4 cm³/mol. The third-order valence-corrected chi connectivity index (χ3v) is 4.44. The minimum absolute atomic E-state index is 0.187. The number of carboxylic acid groups (broad SMARTS) is 1. The number of aliphatic carboxylic acids is 1. The number of rotatable bonds is 6. The fraction of sp³-hybridized carbons (Fsp3) is 0.867. The Morgan fingerprint density at radius 2 is 1.90 bits per heavy atom. The predicted octanol–water partition coefficient (Wildman–Crippen LogP) is 2.05. The number of amides is 1. The monoisotopic (exact) mass is 283 g/mol. The van der Waals surface area contributed by atoms with Gasteiger partial charge in [0.25, 0.3) is 0 Å². The van der Waals surface area contributed by atoms with Crippen molar-refractivity contribution in [3.8, 4) is 0 Å². The van der Waals surface area contributed by atoms with E-state index in [1.54, 1.807) is 4.90 Å². The average molecular weight is 283 g/mol. The van der Waals surface area contributed by atoms with Gasteiger partial charge in [-0.05, 0) is 19.3 Å². The van der Waals surface area contributed by atoms with Gasteiger partial charge >= 0.3 is 5.97 Å². The summed E-state index contributed by atoms with van der Waals surface area (Å²) in [7, 11) is 0. The van der Waals surface area contributed by atoms with Crippen LogP contribution in [0, 0.1) is 5.92 Å². The van der Waals surface area contributed by atoms with Crippen LogP contribution in [0.25, 0.3) is 0 Å². The average Bonchev–Trinajstić information content (AvgIpc) is 2.40. The Kier molecular flexibility index (Phi) is 5.02. The molecule has 2 fully saturated rings. The molecule has 1 heterocycles. The lowest BCUT2D eigenvalue weighted by atomic mass is 9.85. The van der Waals surface area contributed by atoms with Crippen LogP contribution in [0.1, 0.15) is 51.9 Å². The van der Waals surface area contributed by atoms with E-state index in [9.17, 15) is 9.59 Å². The van der Waals surface area contributed by atoms with Gasteiger partial charge in [0.2, 0.25) is 5.91 Å². The molecular formula is C15H25NO4. The summed E-state index contributed by atoms with van der Waals surface area (Å²) in [6, 6.07) is 0. The first kappa shape index (κ1) is 15.3. The maximum atomic E-state index is 12.0. The third-order valence-electron chi connectivity index (χ3n) is 4.44. The van der Waals surface area contributed by atoms with Crippen molar-refractivity contribution in [3.63, 3.8) is 0 Å². The van der Waals surface area contributed by atoms with Gasteiger partial charge in [-0.3, -0.25) is 4.79 Å². The molecule has 1 aliphatic heterocycles. The first-order valence-electron chi connectivity index (χ1n) is 7.62. The van der Waals surface area contributed by atoms with Crippen molar-refractivity contribution in [1.82, 2.24) is 4.90 Å². The van der Waals surface area contributed by atoms with Gasteiger partial charge in [0.15, 0.2) is 0 Å². The van der Waals surface area contributed by atoms with Gasteiger partial charge < -0.3 is 14.7 Å². The largest absolute Gasteiger partial charge is 0.480 e. The lowest BCUT2D eigenvalue weighted by molar-refractivity contribution is -0.173. The minimum Gasteiger partial charge on any atom is -0.480 e. The van der Waals surface area contributed by atoms with Crippen LogP contribution in [0.3, 0.4) is 0 Å². The molecule has 0 aromatic carbocycles. The van der Waals surface area contributed by atoms with Gasteiger partial charge in [0, 0.05) is 6.42 Å². The molecule has 2 aliphatic rings. The molecule has 114 valence electrons. The maximum absolute atomic E-state index is 12.0. The summed E-state index contributed by atoms with van der Waals surface area (Å²) >= 11 is 0. The van der Waals surface area contributed by atoms with Gasteiger partial charge in [-0.2, -0.15) is 0 Å². The molecule has 0 spiro atoms. The quantitative estimate of drug-likeness (QED) is 0.810. The highest BCUT2D eigenvalue weighted by atomic mass is 16.5. The second-order valence-electron chi connectivity index (χ2n) is 6.42. The van der Waals surface area contributed by atoms with Crippen molar-refractivity contribution in [2.24, 2.45) is 5.92 Å². The Hall–Kier alpha value is -1.10. The van der Waals surface area contributed by atoms with Gasteiger partial charge in [-0.25, -0.2) is 4.79 Å². The van der Waals surface area contributed by atoms with Crippen LogP contribution < -0.4 is 0 Å². The Morgan fingerprint density at radius 1 is 1.25 bits per heavy atom. The van der Waals surface area contributed by atoms with Gasteiger partial charge in [-0.15, -0.1) is 0 Å². The van der Waals surface area contributed by atoms with E-state index < -0.39 is 11.6 Å². The smallest absolute Gasteiger partial charge is 0.329 e. The number of nitrogens with zero attached hydrogens (tertiary/aromatic N) is 1. The highest BCUT2D eigenvalue weighted by molar-refractivity contribution is 5.77. The maximum Gasteiger partial charge on any atom is 0.329 e. The molecule has 2 rings (SSSR count). The van der Waals surface area contributed by atoms with Crippen LogP contribution in [-0.4, -0.2) is 47.2 Å². The van der Waals surface area contributed by atoms with E-state index in [-0.39, 0.29) is 12.5 Å². The Labute approximate surface area is 120 Å². The molecule has 1 saturated carbocycles. The van der Waals surface area contributed by atoms with Crippen LogP contribution in [0.15, 0.2) is 0 Å². The lowest BCUT2D eigenvalue weighted by Crippen LogP contribution is -2.63. The van der Waals surface area contributed by atoms with Crippen molar-refractivity contribution in [1.29, 1.82) is 0 Å². The van der Waals surface area contributed by atoms with E-state index in [1.165, 1.54) is 32.1 Å². The number of carboxylic acids is 1. The summed E-state index contributed by atoms with van der Waals surface area (Å²) < 4.78 is 5.31. The van der Waals surface area contributed by atoms with Gasteiger partial charge in [0.1, 0.15) is 12.2 Å². The molecule has 1 amide bonds. The molecule has 0 aromatic rings. The summed E-state index contributed by atoms with van der Waals surface area (Å²) in [5.74, 6) is -0.0519. The van der Waals surface area contributed by atoms with Gasteiger partial charge in [0.05, 0.1) is 13.1 Å². The van der Waals surface area contributed by atoms with Crippen LogP contribution in [0.5, 0.6) is 0 Å². The van der Waals surface area contributed by atoms with E-state index in [0.717, 1.165) is 12.3 Å². The molecule has 0 atom stereocenters. The summed E-state index contributed by atoms with van der Waals surface area (Å²) in [6.07, 6.45) is 8.13. The second kappa shape index (κ2) is 6.57. The van der Waals surface area contributed by atoms with Crippen LogP contribution >= 0.6 is 0 Å². The molecule has 5 heteroatoms. The molecule has 1 N–H and O–H groups in total. The van der Waals surface area contributed by atoms with Crippen LogP contribution in [0.4, 0.5) is 0 Å². The fourth-order valence-corrected chi connectivity index (χ4v) is 3.23. The number of carbonyl (C=O) groups is 2. The number of hydrogen-bond acceptors (Lipinski definition) is 3. The molecule has 20 heavy (non-hydrogen) atoms. The van der Waals surface area contributed by atoms with Crippen molar-refractivity contribution >= 4 is 11.9 Å². The van der Waals surface area contributed by atoms with Crippen molar-refractivity contribution in [2.45, 2.75) is 57.5 Å². The van der Waals surface area contributed by atoms with Crippen LogP contribution in [-0.2, 0) is 14.3 Å². The molecular weight excluding hydrogens is 258 g/mol. The third kappa shape index (κ3) is 4.20. The van der Waals surface area contributed by atoms with Crippen molar-refractivity contribution in [3.05, 3.63) is 0 Å². The minimum atomic E-state index is -0.965. The van der Waals surface area contributed by atoms with Crippen molar-refractivity contribution < 1.29 is 19.4 Å². The number of carbonyl (C=O) groups excluding carboxylic acids is 1. The van der Waals surface area contributed by atoms with Crippen molar-refractivity contribution in [2.75, 3.05) is 19.7 Å². The first-order chi connectivity index (χ1) is 9.48. The van der Waals surface area contributed by atoms with E-state index in [2.05, 4.69) is 0 Å². The van der Waals surface area contributed by atoms with E-state index >= 15 is 0 Å². The zero-order valence-electron chi connectivity index (χ0n) is 12.3. The molecule has 5 nitrogen and oxygen atoms in total. The summed E-state index contributed by atoms with van der Waals surface area (Å²) in [5, 5.41) is 8.59. The molecule has 0 unspecified atom stereocenters. The standard InChI is InChI=1S/C15H25NO4/c1-15(20-9-14(18)19)10-16(11-15)13(17)8-7-12-5-3-2-4-6-12/h12H,2-11H2,1H3,(H,18,19). The number of ether oxygens (including phenoxy) is 1. The van der Waals surface area contributed by atoms with Gasteiger partial charge in [-0.1, -0.05) is 32.1 Å². The zero-order chi connectivity index (χ0) is 14.6. The highest BCUT2D eigenvalue weighted by Gasteiger charge is 2.42. The summed E-state index contributed by atoms with van der Waals surface area (Å²) in [6.45, 7) is 2.61. The SMILES string of the molecule is CC1(OCC(=O)O)CN(C(=O)CCC2CCCCC2)C1. The Bertz CT molecular complexity index is 357. The van der Waals surface area contributed by atoms with E-state index in [0.29, 0.717) is 19.5 Å². The summed E-state index contributed by atoms with van der Waals surface area (Å²) in [4.78, 5) is 24.3. The molecule has 0 bridgehead atoms. The molecule has 1 saturated heterocycles. The molecule has 1 aliphatic carbocycles. The highest BCUT2D eigenvalue weighted by Crippen LogP contribution is 2.29. The zero-order valence-corrected chi connectivity index (χ0v) is 12.3. The molecule has 0 aromatic heterocycles. The van der Waals surface area contributed by atoms with E-state index in [1.807, 2.05) is 6.92 Å². The fourth-order valence-electron chi connectivity index (χ4n) is 3.23. The second-order valence-corrected chi connectivity index (χ2v) is 6.42. The number of likely N-dealkylation sites (tertiary alicyclic amines) is 1. The topological polar surface area (TPSA) is 66.8 Å². The normalized spacial score (nSPS) is 22.4.